The Morgan fingerprint density at radius 1 is 1.58 bits per heavy atom. The number of aromatic nitrogens is 2. The van der Waals surface area contributed by atoms with Crippen molar-refractivity contribution in [2.45, 2.75) is 30.8 Å². The highest BCUT2D eigenvalue weighted by Gasteiger charge is 2.14. The summed E-state index contributed by atoms with van der Waals surface area (Å²) >= 11 is -1.93. The van der Waals surface area contributed by atoms with E-state index in [-0.39, 0.29) is 5.03 Å². The highest BCUT2D eigenvalue weighted by Crippen LogP contribution is 2.15. The van der Waals surface area contributed by atoms with E-state index in [0.717, 1.165) is 31.6 Å². The Kier molecular flexibility index (Phi) is 1.98. The van der Waals surface area contributed by atoms with Crippen LogP contribution in [0.25, 0.3) is 0 Å². The Balaban J connectivity index is 2.38. The van der Waals surface area contributed by atoms with Crippen LogP contribution in [0.4, 0.5) is 0 Å². The summed E-state index contributed by atoms with van der Waals surface area (Å²) in [6.07, 6.45) is 4.87. The minimum atomic E-state index is -1.93. The van der Waals surface area contributed by atoms with E-state index >= 15 is 0 Å². The molecule has 12 heavy (non-hydrogen) atoms. The van der Waals surface area contributed by atoms with Crippen molar-refractivity contribution in [3.8, 4) is 0 Å². The maximum atomic E-state index is 10.7. The van der Waals surface area contributed by atoms with Crippen LogP contribution in [0.15, 0.2) is 11.2 Å². The molecule has 0 saturated carbocycles. The molecule has 1 atom stereocenters. The van der Waals surface area contributed by atoms with Crippen molar-refractivity contribution in [2.24, 2.45) is 0 Å². The molecule has 1 unspecified atom stereocenters. The predicted octanol–water partition coefficient (Wildman–Crippen LogP) is 0.800. The van der Waals surface area contributed by atoms with Crippen LogP contribution in [-0.2, 0) is 24.0 Å². The van der Waals surface area contributed by atoms with Crippen molar-refractivity contribution >= 4 is 11.1 Å². The van der Waals surface area contributed by atoms with Gasteiger partial charge < -0.3 is 9.12 Å². The summed E-state index contributed by atoms with van der Waals surface area (Å²) in [7, 11) is 0. The molecule has 0 saturated heterocycles. The third-order valence-corrected chi connectivity index (χ3v) is 2.62. The Hall–Kier alpha value is -0.680. The van der Waals surface area contributed by atoms with E-state index in [2.05, 4.69) is 4.98 Å². The zero-order chi connectivity index (χ0) is 8.55. The van der Waals surface area contributed by atoms with Gasteiger partial charge in [-0.1, -0.05) is 0 Å². The summed E-state index contributed by atoms with van der Waals surface area (Å²) in [4.78, 5) is 4.06. The molecule has 0 aromatic carbocycles. The van der Waals surface area contributed by atoms with Gasteiger partial charge in [0.1, 0.15) is 5.82 Å². The Labute approximate surface area is 72.9 Å². The summed E-state index contributed by atoms with van der Waals surface area (Å²) in [5.41, 5.74) is 0. The summed E-state index contributed by atoms with van der Waals surface area (Å²) < 4.78 is 21.4. The predicted molar refractivity (Wildman–Crippen MR) is 44.2 cm³/mol. The summed E-state index contributed by atoms with van der Waals surface area (Å²) in [5, 5.41) is 0.284. The van der Waals surface area contributed by atoms with E-state index in [1.807, 2.05) is 4.57 Å². The molecule has 0 aliphatic carbocycles. The number of hydrogen-bond donors (Lipinski definition) is 1. The molecule has 0 bridgehead atoms. The van der Waals surface area contributed by atoms with Gasteiger partial charge in [-0.2, -0.15) is 0 Å². The SMILES string of the molecule is O=S(O)c1cn2c(n1)CCCC2. The molecule has 1 aliphatic rings. The zero-order valence-electron chi connectivity index (χ0n) is 6.56. The van der Waals surface area contributed by atoms with Crippen molar-refractivity contribution in [2.75, 3.05) is 0 Å². The first-order chi connectivity index (χ1) is 5.77. The highest BCUT2D eigenvalue weighted by atomic mass is 32.2. The first-order valence-corrected chi connectivity index (χ1v) is 5.05. The maximum absolute atomic E-state index is 10.7. The standard InChI is InChI=1S/C7H10N2O2S/c10-12(11)7-5-9-4-2-1-3-6(9)8-7/h5H,1-4H2,(H,10,11). The number of fused-ring (bicyclic) bond motifs is 1. The second-order valence-electron chi connectivity index (χ2n) is 2.90. The topological polar surface area (TPSA) is 55.1 Å². The average molecular weight is 186 g/mol. The normalized spacial score (nSPS) is 18.8. The Bertz CT molecular complexity index is 298. The number of imidazole rings is 1. The number of hydrogen-bond acceptors (Lipinski definition) is 2. The molecular weight excluding hydrogens is 176 g/mol. The lowest BCUT2D eigenvalue weighted by Gasteiger charge is -2.11. The molecule has 0 fully saturated rings. The van der Waals surface area contributed by atoms with Gasteiger partial charge in [0.2, 0.25) is 11.1 Å². The molecule has 0 radical (unpaired) electrons. The van der Waals surface area contributed by atoms with Gasteiger partial charge in [-0.25, -0.2) is 9.19 Å². The lowest BCUT2D eigenvalue weighted by atomic mass is 10.2. The third kappa shape index (κ3) is 1.30. The van der Waals surface area contributed by atoms with E-state index in [4.69, 9.17) is 4.55 Å². The molecule has 66 valence electrons. The maximum Gasteiger partial charge on any atom is 0.207 e. The molecule has 1 aromatic heterocycles. The smallest absolute Gasteiger partial charge is 0.207 e. The van der Waals surface area contributed by atoms with Gasteiger partial charge in [-0.05, 0) is 12.8 Å². The van der Waals surface area contributed by atoms with E-state index in [1.54, 1.807) is 6.20 Å². The van der Waals surface area contributed by atoms with E-state index in [0.29, 0.717) is 0 Å². The molecule has 1 N–H and O–H groups in total. The fourth-order valence-electron chi connectivity index (χ4n) is 1.47. The van der Waals surface area contributed by atoms with Crippen LogP contribution in [0.2, 0.25) is 0 Å². The first-order valence-electron chi connectivity index (χ1n) is 3.94. The number of nitrogens with zero attached hydrogens (tertiary/aromatic N) is 2. The fourth-order valence-corrected chi connectivity index (χ4v) is 1.87. The molecule has 0 spiro atoms. The Morgan fingerprint density at radius 3 is 3.08 bits per heavy atom. The van der Waals surface area contributed by atoms with Crippen LogP contribution in [0, 0.1) is 0 Å². The van der Waals surface area contributed by atoms with Crippen LogP contribution in [0.5, 0.6) is 0 Å². The van der Waals surface area contributed by atoms with E-state index in [9.17, 15) is 4.21 Å². The van der Waals surface area contributed by atoms with Crippen molar-refractivity contribution in [1.29, 1.82) is 0 Å². The molecule has 2 heterocycles. The van der Waals surface area contributed by atoms with Gasteiger partial charge in [0.25, 0.3) is 0 Å². The second-order valence-corrected chi connectivity index (χ2v) is 3.81. The minimum Gasteiger partial charge on any atom is -0.334 e. The van der Waals surface area contributed by atoms with Crippen LogP contribution in [-0.4, -0.2) is 18.3 Å². The van der Waals surface area contributed by atoms with Crippen molar-refractivity contribution in [3.05, 3.63) is 12.0 Å². The van der Waals surface area contributed by atoms with Crippen LogP contribution < -0.4 is 0 Å². The van der Waals surface area contributed by atoms with Gasteiger partial charge in [-0.3, -0.25) is 0 Å². The fraction of sp³-hybridized carbons (Fsp3) is 0.571. The monoisotopic (exact) mass is 186 g/mol. The quantitative estimate of drug-likeness (QED) is 0.660. The van der Waals surface area contributed by atoms with E-state index in [1.165, 1.54) is 0 Å². The zero-order valence-corrected chi connectivity index (χ0v) is 7.38. The van der Waals surface area contributed by atoms with Gasteiger partial charge in [0.05, 0.1) is 0 Å². The summed E-state index contributed by atoms with van der Waals surface area (Å²) in [6.45, 7) is 0.930. The highest BCUT2D eigenvalue weighted by molar-refractivity contribution is 7.79. The average Bonchev–Trinajstić information content (AvgIpc) is 2.46. The molecular formula is C7H10N2O2S. The van der Waals surface area contributed by atoms with Gasteiger partial charge in [0, 0.05) is 19.2 Å². The van der Waals surface area contributed by atoms with Gasteiger partial charge >= 0.3 is 0 Å². The molecule has 1 aromatic rings. The number of rotatable bonds is 1. The molecule has 5 heteroatoms. The lowest BCUT2D eigenvalue weighted by molar-refractivity contribution is 0.522. The number of aryl methyl sites for hydroxylation is 2. The van der Waals surface area contributed by atoms with E-state index < -0.39 is 11.1 Å². The Morgan fingerprint density at radius 2 is 2.42 bits per heavy atom. The van der Waals surface area contributed by atoms with Gasteiger partial charge in [0.15, 0.2) is 5.03 Å². The van der Waals surface area contributed by atoms with Crippen molar-refractivity contribution < 1.29 is 8.76 Å². The largest absolute Gasteiger partial charge is 0.334 e. The van der Waals surface area contributed by atoms with Gasteiger partial charge in [-0.15, -0.1) is 0 Å². The first kappa shape index (κ1) is 7.94. The lowest BCUT2D eigenvalue weighted by Crippen LogP contribution is -2.08. The molecule has 1 aliphatic heterocycles. The van der Waals surface area contributed by atoms with Crippen molar-refractivity contribution in [3.63, 3.8) is 0 Å². The summed E-state index contributed by atoms with van der Waals surface area (Å²) in [6, 6.07) is 0. The summed E-state index contributed by atoms with van der Waals surface area (Å²) in [5.74, 6) is 0.943. The molecule has 4 nitrogen and oxygen atoms in total. The minimum absolute atomic E-state index is 0.284. The van der Waals surface area contributed by atoms with Crippen LogP contribution >= 0.6 is 0 Å². The third-order valence-electron chi connectivity index (χ3n) is 2.07. The van der Waals surface area contributed by atoms with Crippen molar-refractivity contribution in [1.82, 2.24) is 9.55 Å². The van der Waals surface area contributed by atoms with Crippen LogP contribution in [0.3, 0.4) is 0 Å². The molecule has 2 rings (SSSR count). The molecule has 0 amide bonds. The van der Waals surface area contributed by atoms with Crippen LogP contribution in [0.1, 0.15) is 18.7 Å². The second kappa shape index (κ2) is 2.99.